The molecule has 4 heteroatoms. The van der Waals surface area contributed by atoms with Crippen molar-refractivity contribution < 1.29 is 0 Å². The minimum atomic E-state index is 0.350. The fraction of sp³-hybridized carbons (Fsp3) is 0.385. The Balaban J connectivity index is 2.58. The molecule has 1 heterocycles. The maximum Gasteiger partial charge on any atom is 0.125 e. The lowest BCUT2D eigenvalue weighted by Crippen LogP contribution is -2.15. The summed E-state index contributed by atoms with van der Waals surface area (Å²) >= 11 is 0. The van der Waals surface area contributed by atoms with Gasteiger partial charge in [-0.25, -0.2) is 4.98 Å². The smallest absolute Gasteiger partial charge is 0.125 e. The lowest BCUT2D eigenvalue weighted by atomic mass is 10.2. The molecule has 0 aliphatic carbocycles. The predicted octanol–water partition coefficient (Wildman–Crippen LogP) is 1.93. The maximum absolute atomic E-state index is 8.90. The Morgan fingerprint density at radius 2 is 2.18 bits per heavy atom. The minimum absolute atomic E-state index is 0.350. The first-order valence-corrected chi connectivity index (χ1v) is 5.59. The van der Waals surface area contributed by atoms with Crippen LogP contribution in [0.2, 0.25) is 0 Å². The van der Waals surface area contributed by atoms with Crippen molar-refractivity contribution in [2.45, 2.75) is 20.0 Å². The van der Waals surface area contributed by atoms with Crippen LogP contribution in [0.3, 0.4) is 0 Å². The van der Waals surface area contributed by atoms with Crippen LogP contribution in [0.4, 0.5) is 0 Å². The maximum atomic E-state index is 8.90. The number of nitrogens with zero attached hydrogens (tertiary/aromatic N) is 4. The Labute approximate surface area is 101 Å². The zero-order valence-corrected chi connectivity index (χ0v) is 10.4. The third kappa shape index (κ3) is 2.29. The van der Waals surface area contributed by atoms with Crippen molar-refractivity contribution in [2.75, 3.05) is 14.1 Å². The number of fused-ring (bicyclic) bond motifs is 1. The average Bonchev–Trinajstić information content (AvgIpc) is 2.55. The largest absolute Gasteiger partial charge is 0.313 e. The molecule has 0 aliphatic heterocycles. The van der Waals surface area contributed by atoms with E-state index in [1.54, 1.807) is 0 Å². The van der Waals surface area contributed by atoms with E-state index in [0.717, 1.165) is 23.4 Å². The van der Waals surface area contributed by atoms with Gasteiger partial charge < -0.3 is 9.47 Å². The summed E-state index contributed by atoms with van der Waals surface area (Å²) in [5.74, 6) is 0.942. The molecule has 0 saturated carbocycles. The van der Waals surface area contributed by atoms with E-state index in [9.17, 15) is 0 Å². The highest BCUT2D eigenvalue weighted by Crippen LogP contribution is 2.18. The predicted molar refractivity (Wildman–Crippen MR) is 67.5 cm³/mol. The quantitative estimate of drug-likeness (QED) is 0.806. The molecule has 1 aromatic heterocycles. The molecule has 0 radical (unpaired) electrons. The molecule has 0 fully saturated rings. The van der Waals surface area contributed by atoms with Crippen LogP contribution in [0.25, 0.3) is 11.0 Å². The second kappa shape index (κ2) is 4.56. The van der Waals surface area contributed by atoms with Crippen LogP contribution in [0, 0.1) is 18.3 Å². The Hall–Kier alpha value is -1.86. The molecular formula is C13H16N4. The molecule has 0 unspecified atom stereocenters. The average molecular weight is 228 g/mol. The van der Waals surface area contributed by atoms with E-state index in [0.29, 0.717) is 6.54 Å². The summed E-state index contributed by atoms with van der Waals surface area (Å²) < 4.78 is 1.98. The van der Waals surface area contributed by atoms with Crippen molar-refractivity contribution in [1.82, 2.24) is 14.5 Å². The number of aryl methyl sites for hydroxylation is 1. The standard InChI is InChI=1S/C13H16N4/c1-10-4-5-12-11(8-10)15-13(9-16(2)3)17(12)7-6-14/h4-5,8H,7,9H2,1-3H3. The summed E-state index contributed by atoms with van der Waals surface area (Å²) in [6, 6.07) is 8.34. The van der Waals surface area contributed by atoms with E-state index < -0.39 is 0 Å². The normalized spacial score (nSPS) is 11.0. The number of imidazole rings is 1. The Morgan fingerprint density at radius 3 is 2.82 bits per heavy atom. The first kappa shape index (κ1) is 11.6. The van der Waals surface area contributed by atoms with E-state index >= 15 is 0 Å². The fourth-order valence-corrected chi connectivity index (χ4v) is 1.94. The molecular weight excluding hydrogens is 212 g/mol. The molecule has 0 aliphatic rings. The molecule has 0 atom stereocenters. The monoisotopic (exact) mass is 228 g/mol. The zero-order chi connectivity index (χ0) is 12.4. The van der Waals surface area contributed by atoms with Crippen LogP contribution < -0.4 is 0 Å². The lowest BCUT2D eigenvalue weighted by Gasteiger charge is -2.10. The summed E-state index contributed by atoms with van der Waals surface area (Å²) in [6.45, 7) is 3.15. The van der Waals surface area contributed by atoms with Crippen LogP contribution in [-0.2, 0) is 13.1 Å². The van der Waals surface area contributed by atoms with Crippen LogP contribution >= 0.6 is 0 Å². The lowest BCUT2D eigenvalue weighted by molar-refractivity contribution is 0.384. The van der Waals surface area contributed by atoms with Gasteiger partial charge in [-0.2, -0.15) is 5.26 Å². The fourth-order valence-electron chi connectivity index (χ4n) is 1.94. The highest BCUT2D eigenvalue weighted by molar-refractivity contribution is 5.77. The van der Waals surface area contributed by atoms with Gasteiger partial charge in [0.15, 0.2) is 0 Å². The molecule has 4 nitrogen and oxygen atoms in total. The van der Waals surface area contributed by atoms with Crippen LogP contribution in [0.1, 0.15) is 11.4 Å². The van der Waals surface area contributed by atoms with Crippen molar-refractivity contribution in [3.8, 4) is 6.07 Å². The number of nitriles is 1. The van der Waals surface area contributed by atoms with E-state index in [1.807, 2.05) is 31.7 Å². The molecule has 17 heavy (non-hydrogen) atoms. The van der Waals surface area contributed by atoms with Crippen LogP contribution in [-0.4, -0.2) is 28.5 Å². The van der Waals surface area contributed by atoms with Gasteiger partial charge in [0.1, 0.15) is 12.4 Å². The third-order valence-electron chi connectivity index (χ3n) is 2.67. The second-order valence-electron chi connectivity index (χ2n) is 4.50. The summed E-state index contributed by atoms with van der Waals surface area (Å²) in [5.41, 5.74) is 3.20. The molecule has 0 amide bonds. The highest BCUT2D eigenvalue weighted by atomic mass is 15.1. The molecule has 88 valence electrons. The van der Waals surface area contributed by atoms with Crippen LogP contribution in [0.5, 0.6) is 0 Å². The first-order valence-electron chi connectivity index (χ1n) is 5.59. The Kier molecular flexibility index (Phi) is 3.12. The number of aromatic nitrogens is 2. The topological polar surface area (TPSA) is 44.9 Å². The van der Waals surface area contributed by atoms with Crippen molar-refractivity contribution >= 4 is 11.0 Å². The van der Waals surface area contributed by atoms with Gasteiger partial charge in [-0.05, 0) is 38.7 Å². The van der Waals surface area contributed by atoms with E-state index in [2.05, 4.69) is 28.1 Å². The molecule has 2 rings (SSSR count). The first-order chi connectivity index (χ1) is 8.11. The summed E-state index contributed by atoms with van der Waals surface area (Å²) in [5, 5.41) is 8.90. The summed E-state index contributed by atoms with van der Waals surface area (Å²) in [7, 11) is 4.00. The van der Waals surface area contributed by atoms with Crippen molar-refractivity contribution in [1.29, 1.82) is 5.26 Å². The van der Waals surface area contributed by atoms with E-state index in [4.69, 9.17) is 5.26 Å². The zero-order valence-electron chi connectivity index (χ0n) is 10.4. The SMILES string of the molecule is Cc1ccc2c(c1)nc(CN(C)C)n2CC#N. The molecule has 0 spiro atoms. The van der Waals surface area contributed by atoms with Crippen molar-refractivity contribution in [3.63, 3.8) is 0 Å². The second-order valence-corrected chi connectivity index (χ2v) is 4.50. The third-order valence-corrected chi connectivity index (χ3v) is 2.67. The van der Waals surface area contributed by atoms with Gasteiger partial charge >= 0.3 is 0 Å². The summed E-state index contributed by atoms with van der Waals surface area (Å²) in [4.78, 5) is 6.66. The molecule has 1 aromatic carbocycles. The van der Waals surface area contributed by atoms with Gasteiger partial charge in [0.05, 0.1) is 23.6 Å². The Bertz CT molecular complexity index is 575. The van der Waals surface area contributed by atoms with Crippen molar-refractivity contribution in [3.05, 3.63) is 29.6 Å². The molecule has 0 N–H and O–H groups in total. The van der Waals surface area contributed by atoms with Gasteiger partial charge in [0.25, 0.3) is 0 Å². The van der Waals surface area contributed by atoms with Crippen LogP contribution in [0.15, 0.2) is 18.2 Å². The number of rotatable bonds is 3. The number of hydrogen-bond acceptors (Lipinski definition) is 3. The summed E-state index contributed by atoms with van der Waals surface area (Å²) in [6.07, 6.45) is 0. The van der Waals surface area contributed by atoms with Gasteiger partial charge in [0.2, 0.25) is 0 Å². The molecule has 2 aromatic rings. The van der Waals surface area contributed by atoms with Crippen molar-refractivity contribution in [2.24, 2.45) is 0 Å². The number of hydrogen-bond donors (Lipinski definition) is 0. The van der Waals surface area contributed by atoms with Gasteiger partial charge in [-0.1, -0.05) is 6.07 Å². The minimum Gasteiger partial charge on any atom is -0.313 e. The highest BCUT2D eigenvalue weighted by Gasteiger charge is 2.10. The van der Waals surface area contributed by atoms with E-state index in [-0.39, 0.29) is 0 Å². The molecule has 0 saturated heterocycles. The Morgan fingerprint density at radius 1 is 1.41 bits per heavy atom. The van der Waals surface area contributed by atoms with Gasteiger partial charge in [-0.3, -0.25) is 0 Å². The van der Waals surface area contributed by atoms with E-state index in [1.165, 1.54) is 5.56 Å². The van der Waals surface area contributed by atoms with Gasteiger partial charge in [-0.15, -0.1) is 0 Å². The number of benzene rings is 1. The molecule has 0 bridgehead atoms. The van der Waals surface area contributed by atoms with Gasteiger partial charge in [0, 0.05) is 0 Å².